The zero-order valence-electron chi connectivity index (χ0n) is 14.6. The topological polar surface area (TPSA) is 35.6 Å². The molecule has 138 valence electrons. The number of hydrogen-bond donors (Lipinski definition) is 1. The van der Waals surface area contributed by atoms with Gasteiger partial charge < -0.3 is 10.2 Å². The van der Waals surface area contributed by atoms with Crippen molar-refractivity contribution in [3.8, 4) is 0 Å². The molecule has 4 nitrogen and oxygen atoms in total. The molecular weight excluding hydrogens is 353 g/mol. The lowest BCUT2D eigenvalue weighted by molar-refractivity contribution is -0.121. The molecule has 26 heavy (non-hydrogen) atoms. The number of amides is 1. The van der Waals surface area contributed by atoms with Crippen molar-refractivity contribution in [2.75, 3.05) is 37.6 Å². The number of benzene rings is 2. The van der Waals surface area contributed by atoms with Crippen LogP contribution in [-0.4, -0.2) is 43.5 Å². The summed E-state index contributed by atoms with van der Waals surface area (Å²) in [6, 6.07) is 14.4. The van der Waals surface area contributed by atoms with E-state index >= 15 is 0 Å². The standard InChI is InChI=1S/C20H23ClFN3O/c21-17-6-2-1-5-16(17)15-23-20(26)9-10-24-11-13-25(14-12-24)19-8-4-3-7-18(19)22/h1-8H,9-15H2,(H,23,26). The van der Waals surface area contributed by atoms with Gasteiger partial charge in [0.2, 0.25) is 5.91 Å². The predicted octanol–water partition coefficient (Wildman–Crippen LogP) is 3.31. The summed E-state index contributed by atoms with van der Waals surface area (Å²) in [5.74, 6) is -0.165. The molecule has 1 N–H and O–H groups in total. The van der Waals surface area contributed by atoms with Crippen LogP contribution in [0.2, 0.25) is 5.02 Å². The van der Waals surface area contributed by atoms with E-state index in [1.807, 2.05) is 36.4 Å². The minimum atomic E-state index is -0.181. The monoisotopic (exact) mass is 375 g/mol. The summed E-state index contributed by atoms with van der Waals surface area (Å²) >= 11 is 6.09. The van der Waals surface area contributed by atoms with Gasteiger partial charge in [0.1, 0.15) is 5.82 Å². The molecular formula is C20H23ClFN3O. The summed E-state index contributed by atoms with van der Waals surface area (Å²) in [5, 5.41) is 3.58. The number of nitrogens with zero attached hydrogens (tertiary/aromatic N) is 2. The second-order valence-electron chi connectivity index (χ2n) is 6.40. The van der Waals surface area contributed by atoms with Gasteiger partial charge in [0.05, 0.1) is 5.69 Å². The lowest BCUT2D eigenvalue weighted by Crippen LogP contribution is -2.47. The van der Waals surface area contributed by atoms with E-state index in [0.29, 0.717) is 30.2 Å². The maximum atomic E-state index is 13.9. The molecule has 2 aromatic carbocycles. The predicted molar refractivity (Wildman–Crippen MR) is 103 cm³/mol. The third-order valence-electron chi connectivity index (χ3n) is 4.65. The SMILES string of the molecule is O=C(CCN1CCN(c2ccccc2F)CC1)NCc1ccccc1Cl. The van der Waals surface area contributed by atoms with E-state index < -0.39 is 0 Å². The summed E-state index contributed by atoms with van der Waals surface area (Å²) in [4.78, 5) is 16.4. The first-order valence-electron chi connectivity index (χ1n) is 8.85. The molecule has 0 atom stereocenters. The van der Waals surface area contributed by atoms with E-state index in [0.717, 1.165) is 31.7 Å². The lowest BCUT2D eigenvalue weighted by atomic mass is 10.2. The van der Waals surface area contributed by atoms with Crippen molar-refractivity contribution in [1.82, 2.24) is 10.2 Å². The van der Waals surface area contributed by atoms with E-state index in [4.69, 9.17) is 11.6 Å². The van der Waals surface area contributed by atoms with Gasteiger partial charge in [-0.2, -0.15) is 0 Å². The van der Waals surface area contributed by atoms with E-state index in [-0.39, 0.29) is 11.7 Å². The van der Waals surface area contributed by atoms with Crippen LogP contribution in [0.3, 0.4) is 0 Å². The van der Waals surface area contributed by atoms with Crippen LogP contribution in [0.15, 0.2) is 48.5 Å². The Morgan fingerprint density at radius 1 is 1.04 bits per heavy atom. The molecule has 0 unspecified atom stereocenters. The maximum absolute atomic E-state index is 13.9. The molecule has 2 aromatic rings. The average molecular weight is 376 g/mol. The van der Waals surface area contributed by atoms with Crippen molar-refractivity contribution < 1.29 is 9.18 Å². The van der Waals surface area contributed by atoms with Crippen molar-refractivity contribution in [1.29, 1.82) is 0 Å². The Bertz CT molecular complexity index is 747. The molecule has 1 saturated heterocycles. The summed E-state index contributed by atoms with van der Waals surface area (Å²) < 4.78 is 13.9. The fraction of sp³-hybridized carbons (Fsp3) is 0.350. The summed E-state index contributed by atoms with van der Waals surface area (Å²) in [7, 11) is 0. The third-order valence-corrected chi connectivity index (χ3v) is 5.02. The molecule has 1 fully saturated rings. The molecule has 3 rings (SSSR count). The lowest BCUT2D eigenvalue weighted by Gasteiger charge is -2.36. The van der Waals surface area contributed by atoms with Gasteiger partial charge in [0, 0.05) is 50.7 Å². The van der Waals surface area contributed by atoms with Gasteiger partial charge in [-0.15, -0.1) is 0 Å². The first-order valence-corrected chi connectivity index (χ1v) is 9.23. The number of piperazine rings is 1. The molecule has 1 amide bonds. The van der Waals surface area contributed by atoms with Gasteiger partial charge in [0.15, 0.2) is 0 Å². The first-order chi connectivity index (χ1) is 12.6. The van der Waals surface area contributed by atoms with Gasteiger partial charge >= 0.3 is 0 Å². The Hall–Kier alpha value is -2.11. The summed E-state index contributed by atoms with van der Waals surface area (Å²) in [6.45, 7) is 4.33. The van der Waals surface area contributed by atoms with E-state index in [9.17, 15) is 9.18 Å². The van der Waals surface area contributed by atoms with Crippen LogP contribution in [0.25, 0.3) is 0 Å². The molecule has 0 spiro atoms. The Balaban J connectivity index is 1.39. The molecule has 0 bridgehead atoms. The number of para-hydroxylation sites is 1. The van der Waals surface area contributed by atoms with Crippen LogP contribution in [0, 0.1) is 5.82 Å². The fourth-order valence-electron chi connectivity index (χ4n) is 3.10. The Kier molecular flexibility index (Phi) is 6.47. The zero-order chi connectivity index (χ0) is 18.4. The Morgan fingerprint density at radius 3 is 2.46 bits per heavy atom. The molecule has 1 aliphatic rings. The number of halogens is 2. The van der Waals surface area contributed by atoms with Gasteiger partial charge in [-0.1, -0.05) is 41.9 Å². The average Bonchev–Trinajstić information content (AvgIpc) is 2.67. The second kappa shape index (κ2) is 9.01. The molecule has 0 radical (unpaired) electrons. The molecule has 0 aliphatic carbocycles. The van der Waals surface area contributed by atoms with Crippen LogP contribution in [0.5, 0.6) is 0 Å². The van der Waals surface area contributed by atoms with Crippen molar-refractivity contribution in [3.63, 3.8) is 0 Å². The molecule has 0 saturated carbocycles. The molecule has 0 aromatic heterocycles. The maximum Gasteiger partial charge on any atom is 0.221 e. The molecule has 6 heteroatoms. The largest absolute Gasteiger partial charge is 0.367 e. The smallest absolute Gasteiger partial charge is 0.221 e. The van der Waals surface area contributed by atoms with Gasteiger partial charge in [-0.25, -0.2) is 4.39 Å². The molecule has 1 aliphatic heterocycles. The highest BCUT2D eigenvalue weighted by Crippen LogP contribution is 2.20. The highest BCUT2D eigenvalue weighted by molar-refractivity contribution is 6.31. The number of rotatable bonds is 6. The van der Waals surface area contributed by atoms with Gasteiger partial charge in [-0.3, -0.25) is 9.69 Å². The van der Waals surface area contributed by atoms with Crippen LogP contribution in [0.4, 0.5) is 10.1 Å². The van der Waals surface area contributed by atoms with Crippen molar-refractivity contribution >= 4 is 23.2 Å². The zero-order valence-corrected chi connectivity index (χ0v) is 15.4. The summed E-state index contributed by atoms with van der Waals surface area (Å²) in [5.41, 5.74) is 1.57. The van der Waals surface area contributed by atoms with Gasteiger partial charge in [-0.05, 0) is 23.8 Å². The normalized spacial score (nSPS) is 15.1. The van der Waals surface area contributed by atoms with E-state index in [1.165, 1.54) is 6.07 Å². The minimum Gasteiger partial charge on any atom is -0.367 e. The van der Waals surface area contributed by atoms with E-state index in [2.05, 4.69) is 15.1 Å². The van der Waals surface area contributed by atoms with Crippen LogP contribution in [-0.2, 0) is 11.3 Å². The van der Waals surface area contributed by atoms with E-state index in [1.54, 1.807) is 6.07 Å². The number of anilines is 1. The minimum absolute atomic E-state index is 0.0152. The van der Waals surface area contributed by atoms with Crippen molar-refractivity contribution in [2.45, 2.75) is 13.0 Å². The van der Waals surface area contributed by atoms with Crippen LogP contribution < -0.4 is 10.2 Å². The summed E-state index contributed by atoms with van der Waals surface area (Å²) in [6.07, 6.45) is 0.449. The van der Waals surface area contributed by atoms with Crippen LogP contribution in [0.1, 0.15) is 12.0 Å². The number of carbonyl (C=O) groups is 1. The molecule has 1 heterocycles. The first kappa shape index (κ1) is 18.7. The fourth-order valence-corrected chi connectivity index (χ4v) is 3.31. The number of carbonyl (C=O) groups excluding carboxylic acids is 1. The van der Waals surface area contributed by atoms with Gasteiger partial charge in [0.25, 0.3) is 0 Å². The van der Waals surface area contributed by atoms with Crippen molar-refractivity contribution in [2.24, 2.45) is 0 Å². The number of nitrogens with one attached hydrogen (secondary N) is 1. The second-order valence-corrected chi connectivity index (χ2v) is 6.81. The van der Waals surface area contributed by atoms with Crippen molar-refractivity contribution in [3.05, 3.63) is 64.9 Å². The highest BCUT2D eigenvalue weighted by Gasteiger charge is 2.19. The Morgan fingerprint density at radius 2 is 1.73 bits per heavy atom. The third kappa shape index (κ3) is 4.96. The quantitative estimate of drug-likeness (QED) is 0.841. The Labute approximate surface area is 158 Å². The number of hydrogen-bond acceptors (Lipinski definition) is 3. The highest BCUT2D eigenvalue weighted by atomic mass is 35.5. The van der Waals surface area contributed by atoms with Crippen LogP contribution >= 0.6 is 11.6 Å².